The summed E-state index contributed by atoms with van der Waals surface area (Å²) in [4.78, 5) is 42.7. The highest BCUT2D eigenvalue weighted by molar-refractivity contribution is 7.23. The van der Waals surface area contributed by atoms with Gasteiger partial charge in [-0.25, -0.2) is 9.78 Å². The van der Waals surface area contributed by atoms with Crippen LogP contribution in [-0.2, 0) is 17.7 Å². The first-order valence-electron chi connectivity index (χ1n) is 10.4. The Balaban J connectivity index is 1.54. The minimum absolute atomic E-state index is 0.165. The molecule has 1 N–H and O–H groups in total. The SMILES string of the molecule is CCOC(=O)N1CCc2c(sc(NC(=O)c3ccc([N+](=O)[O-])o3)c2-c2nc3ccccc3s2)C1. The number of para-hydroxylation sites is 1. The number of fused-ring (bicyclic) bond motifs is 2. The number of anilines is 1. The molecule has 3 aromatic heterocycles. The number of amides is 2. The van der Waals surface area contributed by atoms with Gasteiger partial charge in [0, 0.05) is 17.0 Å². The van der Waals surface area contributed by atoms with E-state index < -0.39 is 16.7 Å². The molecule has 0 radical (unpaired) electrons. The number of thiazole rings is 1. The summed E-state index contributed by atoms with van der Waals surface area (Å²) in [6.45, 7) is 2.90. The van der Waals surface area contributed by atoms with Gasteiger partial charge in [-0.05, 0) is 37.1 Å². The molecule has 10 nitrogen and oxygen atoms in total. The second kappa shape index (κ2) is 8.88. The third kappa shape index (κ3) is 4.01. The Morgan fingerprint density at radius 2 is 2.09 bits per heavy atom. The number of rotatable bonds is 5. The molecule has 2 amide bonds. The molecule has 4 heterocycles. The van der Waals surface area contributed by atoms with Crippen LogP contribution in [0.15, 0.2) is 40.8 Å². The Labute approximate surface area is 200 Å². The molecule has 0 saturated heterocycles. The van der Waals surface area contributed by atoms with Crippen LogP contribution in [-0.4, -0.2) is 40.0 Å². The van der Waals surface area contributed by atoms with Crippen LogP contribution in [0.5, 0.6) is 0 Å². The van der Waals surface area contributed by atoms with Crippen LogP contribution in [0.2, 0.25) is 0 Å². The molecule has 1 aliphatic rings. The summed E-state index contributed by atoms with van der Waals surface area (Å²) >= 11 is 2.87. The van der Waals surface area contributed by atoms with Crippen molar-refractivity contribution in [1.29, 1.82) is 0 Å². The second-order valence-corrected chi connectivity index (χ2v) is 9.55. The fourth-order valence-corrected chi connectivity index (χ4v) is 6.15. The van der Waals surface area contributed by atoms with Crippen LogP contribution in [0.1, 0.15) is 27.9 Å². The molecule has 1 aliphatic heterocycles. The van der Waals surface area contributed by atoms with Crippen LogP contribution in [0.25, 0.3) is 20.8 Å². The molecule has 12 heteroatoms. The van der Waals surface area contributed by atoms with Gasteiger partial charge < -0.3 is 19.4 Å². The lowest BCUT2D eigenvalue weighted by Crippen LogP contribution is -2.35. The van der Waals surface area contributed by atoms with Gasteiger partial charge in [0.05, 0.1) is 29.4 Å². The lowest BCUT2D eigenvalue weighted by atomic mass is 10.0. The number of hydrogen-bond acceptors (Lipinski definition) is 9. The summed E-state index contributed by atoms with van der Waals surface area (Å²) in [6.07, 6.45) is 0.203. The van der Waals surface area contributed by atoms with Crippen LogP contribution in [0, 0.1) is 10.1 Å². The Morgan fingerprint density at radius 1 is 1.26 bits per heavy atom. The number of nitro groups is 1. The van der Waals surface area contributed by atoms with Gasteiger partial charge in [0.25, 0.3) is 5.91 Å². The molecule has 5 rings (SSSR count). The standard InChI is InChI=1S/C22H18N4O6S2/c1-2-31-22(28)25-10-9-12-16(11-25)34-21(24-19(27)14-7-8-17(32-14)26(29)30)18(12)20-23-13-5-3-4-6-15(13)33-20/h3-8H,2,9-11H2,1H3,(H,24,27). The first-order chi connectivity index (χ1) is 16.4. The van der Waals surface area contributed by atoms with Crippen molar-refractivity contribution in [3.63, 3.8) is 0 Å². The summed E-state index contributed by atoms with van der Waals surface area (Å²) in [5.74, 6) is -1.27. The number of carbonyl (C=O) groups is 2. The molecule has 0 unspecified atom stereocenters. The molecular formula is C22H18N4O6S2. The van der Waals surface area contributed by atoms with E-state index >= 15 is 0 Å². The highest BCUT2D eigenvalue weighted by Crippen LogP contribution is 2.46. The van der Waals surface area contributed by atoms with E-state index in [4.69, 9.17) is 14.1 Å². The van der Waals surface area contributed by atoms with Crippen molar-refractivity contribution in [2.45, 2.75) is 19.9 Å². The van der Waals surface area contributed by atoms with Crippen molar-refractivity contribution in [2.24, 2.45) is 0 Å². The van der Waals surface area contributed by atoms with Crippen molar-refractivity contribution in [2.75, 3.05) is 18.5 Å². The highest BCUT2D eigenvalue weighted by atomic mass is 32.1. The lowest BCUT2D eigenvalue weighted by molar-refractivity contribution is -0.402. The molecule has 174 valence electrons. The Hall–Kier alpha value is -3.77. The van der Waals surface area contributed by atoms with E-state index in [1.165, 1.54) is 28.7 Å². The van der Waals surface area contributed by atoms with Gasteiger partial charge in [-0.15, -0.1) is 22.7 Å². The van der Waals surface area contributed by atoms with Crippen molar-refractivity contribution >= 4 is 55.8 Å². The first-order valence-corrected chi connectivity index (χ1v) is 12.1. The molecule has 0 spiro atoms. The second-order valence-electron chi connectivity index (χ2n) is 7.41. The first kappa shape index (κ1) is 22.0. The monoisotopic (exact) mass is 498 g/mol. The summed E-state index contributed by atoms with van der Waals surface area (Å²) in [5.41, 5.74) is 2.68. The van der Waals surface area contributed by atoms with Gasteiger partial charge >= 0.3 is 12.0 Å². The van der Waals surface area contributed by atoms with Crippen molar-refractivity contribution in [1.82, 2.24) is 9.88 Å². The van der Waals surface area contributed by atoms with E-state index in [1.807, 2.05) is 24.3 Å². The topological polar surface area (TPSA) is 128 Å². The van der Waals surface area contributed by atoms with Crippen LogP contribution < -0.4 is 5.32 Å². The minimum atomic E-state index is -0.697. The molecular weight excluding hydrogens is 480 g/mol. The molecule has 0 saturated carbocycles. The number of furan rings is 1. The fraction of sp³-hybridized carbons (Fsp3) is 0.227. The average Bonchev–Trinajstić information content (AvgIpc) is 3.54. The third-order valence-electron chi connectivity index (χ3n) is 5.31. The number of benzene rings is 1. The van der Waals surface area contributed by atoms with Gasteiger partial charge in [-0.1, -0.05) is 12.1 Å². The molecule has 34 heavy (non-hydrogen) atoms. The van der Waals surface area contributed by atoms with Gasteiger partial charge in [0.15, 0.2) is 5.76 Å². The number of thiophene rings is 1. The number of hydrogen-bond donors (Lipinski definition) is 1. The van der Waals surface area contributed by atoms with Gasteiger partial charge in [-0.3, -0.25) is 14.9 Å². The largest absolute Gasteiger partial charge is 0.450 e. The predicted octanol–water partition coefficient (Wildman–Crippen LogP) is 5.29. The van der Waals surface area contributed by atoms with Gasteiger partial charge in [-0.2, -0.15) is 0 Å². The van der Waals surface area contributed by atoms with Crippen molar-refractivity contribution in [3.8, 4) is 10.6 Å². The summed E-state index contributed by atoms with van der Waals surface area (Å²) in [6, 6.07) is 10.2. The molecule has 0 bridgehead atoms. The molecule has 0 fully saturated rings. The van der Waals surface area contributed by atoms with Crippen molar-refractivity contribution < 1.29 is 23.7 Å². The van der Waals surface area contributed by atoms with Gasteiger partial charge in [0.1, 0.15) is 14.9 Å². The smallest absolute Gasteiger partial charge is 0.433 e. The maximum Gasteiger partial charge on any atom is 0.433 e. The number of carbonyl (C=O) groups excluding carboxylic acids is 2. The fourth-order valence-electron chi connectivity index (χ4n) is 3.78. The maximum atomic E-state index is 12.9. The van der Waals surface area contributed by atoms with E-state index in [9.17, 15) is 19.7 Å². The van der Waals surface area contributed by atoms with E-state index in [0.29, 0.717) is 31.1 Å². The Bertz CT molecular complexity index is 1390. The zero-order valence-electron chi connectivity index (χ0n) is 17.9. The minimum Gasteiger partial charge on any atom is -0.450 e. The highest BCUT2D eigenvalue weighted by Gasteiger charge is 2.30. The Morgan fingerprint density at radius 3 is 2.82 bits per heavy atom. The zero-order valence-corrected chi connectivity index (χ0v) is 19.5. The summed E-state index contributed by atoms with van der Waals surface area (Å²) in [7, 11) is 0. The van der Waals surface area contributed by atoms with E-state index in [2.05, 4.69) is 5.32 Å². The lowest BCUT2D eigenvalue weighted by Gasteiger charge is -2.26. The third-order valence-corrected chi connectivity index (χ3v) is 7.50. The number of aromatic nitrogens is 1. The normalized spacial score (nSPS) is 13.0. The van der Waals surface area contributed by atoms with E-state index in [-0.39, 0.29) is 11.9 Å². The van der Waals surface area contributed by atoms with Crippen LogP contribution >= 0.6 is 22.7 Å². The average molecular weight is 499 g/mol. The quantitative estimate of drug-likeness (QED) is 0.292. The van der Waals surface area contributed by atoms with Crippen molar-refractivity contribution in [3.05, 3.63) is 62.7 Å². The predicted molar refractivity (Wildman–Crippen MR) is 127 cm³/mol. The maximum absolute atomic E-state index is 12.9. The number of nitrogens with one attached hydrogen (secondary N) is 1. The number of nitrogens with zero attached hydrogens (tertiary/aromatic N) is 3. The van der Waals surface area contributed by atoms with E-state index in [0.717, 1.165) is 37.3 Å². The Kier molecular flexibility index (Phi) is 5.75. The summed E-state index contributed by atoms with van der Waals surface area (Å²) < 4.78 is 11.2. The van der Waals surface area contributed by atoms with E-state index in [1.54, 1.807) is 11.8 Å². The molecule has 1 aromatic carbocycles. The molecule has 0 aliphatic carbocycles. The van der Waals surface area contributed by atoms with Crippen LogP contribution in [0.4, 0.5) is 15.7 Å². The zero-order chi connectivity index (χ0) is 23.8. The molecule has 0 atom stereocenters. The van der Waals surface area contributed by atoms with Gasteiger partial charge in [0.2, 0.25) is 0 Å². The molecule has 4 aromatic rings. The number of ether oxygens (including phenoxy) is 1. The van der Waals surface area contributed by atoms with Crippen LogP contribution in [0.3, 0.4) is 0 Å². The summed E-state index contributed by atoms with van der Waals surface area (Å²) in [5, 5.41) is 15.1.